The Labute approximate surface area is 128 Å². The lowest BCUT2D eigenvalue weighted by atomic mass is 10.2. The first-order valence-electron chi connectivity index (χ1n) is 6.86. The van der Waals surface area contributed by atoms with Crippen LogP contribution in [0.1, 0.15) is 28.1 Å². The lowest BCUT2D eigenvalue weighted by Gasteiger charge is -2.09. The molecule has 21 heavy (non-hydrogen) atoms. The van der Waals surface area contributed by atoms with Crippen molar-refractivity contribution in [3.05, 3.63) is 39.5 Å². The molecule has 6 heteroatoms. The zero-order valence-electron chi connectivity index (χ0n) is 12.5. The molecular formula is C15H19N3O2S. The average molecular weight is 305 g/mol. The lowest BCUT2D eigenvalue weighted by Crippen LogP contribution is -2.24. The van der Waals surface area contributed by atoms with Crippen molar-refractivity contribution in [2.24, 2.45) is 0 Å². The van der Waals surface area contributed by atoms with E-state index in [9.17, 15) is 4.79 Å². The molecule has 1 N–H and O–H groups in total. The van der Waals surface area contributed by atoms with E-state index < -0.39 is 0 Å². The van der Waals surface area contributed by atoms with Gasteiger partial charge >= 0.3 is 0 Å². The quantitative estimate of drug-likeness (QED) is 0.890. The molecule has 0 bridgehead atoms. The van der Waals surface area contributed by atoms with Gasteiger partial charge in [0.1, 0.15) is 0 Å². The van der Waals surface area contributed by atoms with Crippen molar-refractivity contribution >= 4 is 17.2 Å². The first-order chi connectivity index (χ1) is 10.1. The minimum absolute atomic E-state index is 0.0203. The molecule has 2 heterocycles. The van der Waals surface area contributed by atoms with Crippen LogP contribution in [0.25, 0.3) is 0 Å². The number of carbonyl (C=O) groups excluding carboxylic acids is 1. The summed E-state index contributed by atoms with van der Waals surface area (Å²) < 4.78 is 5.44. The Morgan fingerprint density at radius 2 is 2.24 bits per heavy atom. The number of nitrogens with zero attached hydrogens (tertiary/aromatic N) is 2. The summed E-state index contributed by atoms with van der Waals surface area (Å²) in [7, 11) is 0. The maximum atomic E-state index is 12.0. The Hall–Kier alpha value is -1.95. The van der Waals surface area contributed by atoms with Crippen molar-refractivity contribution in [1.29, 1.82) is 0 Å². The first-order valence-corrected chi connectivity index (χ1v) is 7.68. The van der Waals surface area contributed by atoms with Crippen LogP contribution in [-0.2, 0) is 17.8 Å². The van der Waals surface area contributed by atoms with E-state index in [1.807, 2.05) is 32.9 Å². The standard InChI is InChI=1S/C15H19N3O2S/c1-4-20-15-12(6-5-7-16-15)9-17-14(19)8-13-10(2)18-11(3)21-13/h5-7H,4,8-9H2,1-3H3,(H,17,19). The van der Waals surface area contributed by atoms with Gasteiger partial charge in [0, 0.05) is 23.2 Å². The smallest absolute Gasteiger partial charge is 0.225 e. The maximum Gasteiger partial charge on any atom is 0.225 e. The summed E-state index contributed by atoms with van der Waals surface area (Å²) in [4.78, 5) is 21.5. The molecule has 0 radical (unpaired) electrons. The fourth-order valence-electron chi connectivity index (χ4n) is 1.96. The third kappa shape index (κ3) is 4.26. The number of aryl methyl sites for hydroxylation is 2. The van der Waals surface area contributed by atoms with E-state index in [0.29, 0.717) is 25.5 Å². The van der Waals surface area contributed by atoms with Gasteiger partial charge in [-0.1, -0.05) is 6.07 Å². The van der Waals surface area contributed by atoms with Gasteiger partial charge in [0.25, 0.3) is 0 Å². The van der Waals surface area contributed by atoms with Crippen molar-refractivity contribution < 1.29 is 9.53 Å². The molecule has 112 valence electrons. The molecule has 0 aliphatic carbocycles. The number of pyridine rings is 1. The fraction of sp³-hybridized carbons (Fsp3) is 0.400. The van der Waals surface area contributed by atoms with Gasteiger partial charge in [0.15, 0.2) is 0 Å². The number of thiazole rings is 1. The second-order valence-electron chi connectivity index (χ2n) is 4.60. The molecule has 5 nitrogen and oxygen atoms in total. The Bertz CT molecular complexity index is 625. The van der Waals surface area contributed by atoms with Crippen LogP contribution in [-0.4, -0.2) is 22.5 Å². The summed E-state index contributed by atoms with van der Waals surface area (Å²) in [5.41, 5.74) is 1.81. The van der Waals surface area contributed by atoms with Crippen molar-refractivity contribution in [3.63, 3.8) is 0 Å². The molecular weight excluding hydrogens is 286 g/mol. The average Bonchev–Trinajstić information content (AvgIpc) is 2.76. The normalized spacial score (nSPS) is 10.4. The van der Waals surface area contributed by atoms with Gasteiger partial charge in [-0.2, -0.15) is 0 Å². The van der Waals surface area contributed by atoms with Crippen LogP contribution >= 0.6 is 11.3 Å². The fourth-order valence-corrected chi connectivity index (χ4v) is 2.90. The molecule has 2 rings (SSSR count). The number of hydrogen-bond acceptors (Lipinski definition) is 5. The van der Waals surface area contributed by atoms with Crippen molar-refractivity contribution in [2.75, 3.05) is 6.61 Å². The molecule has 0 atom stereocenters. The molecule has 0 aliphatic heterocycles. The molecule has 0 saturated carbocycles. The van der Waals surface area contributed by atoms with E-state index >= 15 is 0 Å². The van der Waals surface area contributed by atoms with Crippen molar-refractivity contribution in [3.8, 4) is 5.88 Å². The minimum atomic E-state index is -0.0203. The molecule has 0 saturated heterocycles. The zero-order valence-corrected chi connectivity index (χ0v) is 13.3. The predicted molar refractivity (Wildman–Crippen MR) is 82.5 cm³/mol. The number of hydrogen-bond donors (Lipinski definition) is 1. The van der Waals surface area contributed by atoms with Gasteiger partial charge in [0.2, 0.25) is 11.8 Å². The number of nitrogens with one attached hydrogen (secondary N) is 1. The second-order valence-corrected chi connectivity index (χ2v) is 5.88. The molecule has 0 unspecified atom stereocenters. The molecule has 1 amide bonds. The second kappa shape index (κ2) is 7.17. The Morgan fingerprint density at radius 3 is 2.90 bits per heavy atom. The zero-order chi connectivity index (χ0) is 15.2. The lowest BCUT2D eigenvalue weighted by molar-refractivity contribution is -0.120. The summed E-state index contributed by atoms with van der Waals surface area (Å²) in [5, 5.41) is 3.89. The topological polar surface area (TPSA) is 64.1 Å². The highest BCUT2D eigenvalue weighted by Crippen LogP contribution is 2.18. The van der Waals surface area contributed by atoms with Crippen molar-refractivity contribution in [1.82, 2.24) is 15.3 Å². The van der Waals surface area contributed by atoms with Gasteiger partial charge in [0.05, 0.1) is 23.7 Å². The highest BCUT2D eigenvalue weighted by atomic mass is 32.1. The van der Waals surface area contributed by atoms with E-state index in [1.165, 1.54) is 0 Å². The maximum absolute atomic E-state index is 12.0. The molecule has 0 spiro atoms. The summed E-state index contributed by atoms with van der Waals surface area (Å²) in [6, 6.07) is 3.74. The number of amides is 1. The monoisotopic (exact) mass is 305 g/mol. The van der Waals surface area contributed by atoms with Gasteiger partial charge in [-0.05, 0) is 26.8 Å². The van der Waals surface area contributed by atoms with Crippen LogP contribution in [0, 0.1) is 13.8 Å². The predicted octanol–water partition coefficient (Wildman–Crippen LogP) is 2.41. The third-order valence-corrected chi connectivity index (χ3v) is 4.00. The number of carbonyl (C=O) groups is 1. The number of ether oxygens (including phenoxy) is 1. The van der Waals surface area contributed by atoms with E-state index in [-0.39, 0.29) is 5.91 Å². The Kier molecular flexibility index (Phi) is 5.27. The van der Waals surface area contributed by atoms with Crippen LogP contribution in [0.15, 0.2) is 18.3 Å². The minimum Gasteiger partial charge on any atom is -0.478 e. The summed E-state index contributed by atoms with van der Waals surface area (Å²) in [5.74, 6) is 0.554. The SMILES string of the molecule is CCOc1ncccc1CNC(=O)Cc1sc(C)nc1C. The Morgan fingerprint density at radius 1 is 1.43 bits per heavy atom. The largest absolute Gasteiger partial charge is 0.478 e. The van der Waals surface area contributed by atoms with E-state index in [2.05, 4.69) is 15.3 Å². The highest BCUT2D eigenvalue weighted by Gasteiger charge is 2.11. The van der Waals surface area contributed by atoms with Gasteiger partial charge in [-0.25, -0.2) is 9.97 Å². The molecule has 0 aromatic carbocycles. The van der Waals surface area contributed by atoms with Crippen LogP contribution in [0.5, 0.6) is 5.88 Å². The summed E-state index contributed by atoms with van der Waals surface area (Å²) in [6.45, 7) is 6.76. The van der Waals surface area contributed by atoms with Crippen LogP contribution in [0.2, 0.25) is 0 Å². The van der Waals surface area contributed by atoms with Gasteiger partial charge in [-0.15, -0.1) is 11.3 Å². The van der Waals surface area contributed by atoms with Crippen LogP contribution in [0.3, 0.4) is 0 Å². The Balaban J connectivity index is 1.94. The van der Waals surface area contributed by atoms with Crippen LogP contribution < -0.4 is 10.1 Å². The van der Waals surface area contributed by atoms with E-state index in [1.54, 1.807) is 17.5 Å². The molecule has 2 aromatic heterocycles. The van der Waals surface area contributed by atoms with Crippen molar-refractivity contribution in [2.45, 2.75) is 33.7 Å². The number of rotatable bonds is 6. The van der Waals surface area contributed by atoms with Gasteiger partial charge < -0.3 is 10.1 Å². The first kappa shape index (κ1) is 15.4. The molecule has 2 aromatic rings. The summed E-state index contributed by atoms with van der Waals surface area (Å²) in [6.07, 6.45) is 2.04. The van der Waals surface area contributed by atoms with Crippen LogP contribution in [0.4, 0.5) is 0 Å². The van der Waals surface area contributed by atoms with Gasteiger partial charge in [-0.3, -0.25) is 4.79 Å². The third-order valence-electron chi connectivity index (χ3n) is 2.93. The highest BCUT2D eigenvalue weighted by molar-refractivity contribution is 7.11. The molecule has 0 aliphatic rings. The summed E-state index contributed by atoms with van der Waals surface area (Å²) >= 11 is 1.57. The van der Waals surface area contributed by atoms with E-state index in [0.717, 1.165) is 21.1 Å². The molecule has 0 fully saturated rings. The van der Waals surface area contributed by atoms with E-state index in [4.69, 9.17) is 4.74 Å². The number of aromatic nitrogens is 2.